The van der Waals surface area contributed by atoms with Gasteiger partial charge in [-0.05, 0) is 158 Å². The van der Waals surface area contributed by atoms with Crippen LogP contribution in [0.15, 0.2) is 365 Å². The van der Waals surface area contributed by atoms with E-state index in [2.05, 4.69) is 380 Å². The molecule has 13 aromatic carbocycles. The van der Waals surface area contributed by atoms with Crippen molar-refractivity contribution in [3.8, 4) is 11.3 Å². The minimum absolute atomic E-state index is 0. The molecule has 22 aromatic rings. The topological polar surface area (TPSA) is 120 Å². The maximum absolute atomic E-state index is 5.00. The Morgan fingerprint density at radius 1 is 0.277 bits per heavy atom. The van der Waals surface area contributed by atoms with Gasteiger partial charge in [-0.25, -0.2) is 15.0 Å². The van der Waals surface area contributed by atoms with Crippen LogP contribution in [-0.4, -0.2) is 64.2 Å². The third-order valence-corrected chi connectivity index (χ3v) is 23.7. The third-order valence-electron chi connectivity index (χ3n) is 23.7. The number of nitrogens with zero attached hydrogens (tertiary/aromatic N) is 18. The van der Waals surface area contributed by atoms with Gasteiger partial charge in [-0.1, -0.05) is 189 Å². The summed E-state index contributed by atoms with van der Waals surface area (Å²) >= 11 is 0. The molecule has 0 spiro atoms. The molecule has 0 radical (unpaired) electrons. The Hall–Kier alpha value is -14.8. The maximum Gasteiger partial charge on any atom is 0.121 e. The second-order valence-corrected chi connectivity index (χ2v) is 31.4. The van der Waals surface area contributed by atoms with Crippen LogP contribution in [0.1, 0.15) is 5.69 Å². The molecule has 0 bridgehead atoms. The summed E-state index contributed by atoms with van der Waals surface area (Å²) in [6, 6.07) is 133. The average Bonchev–Trinajstić information content (AvgIpc) is 1.48. The summed E-state index contributed by atoms with van der Waals surface area (Å²) in [7, 11) is 6.03. The van der Waals surface area contributed by atoms with Crippen LogP contribution in [-0.2, 0) is 63.2 Å². The van der Waals surface area contributed by atoms with Crippen LogP contribution in [0.2, 0.25) is 0 Å². The molecule has 21 heteroatoms. The number of anilines is 18. The van der Waals surface area contributed by atoms with Crippen molar-refractivity contribution < 1.29 is 63.2 Å². The van der Waals surface area contributed by atoms with Gasteiger partial charge >= 0.3 is 0 Å². The Bertz CT molecular complexity index is 8000. The van der Waals surface area contributed by atoms with E-state index in [9.17, 15) is 0 Å². The van der Waals surface area contributed by atoms with Gasteiger partial charge in [0.05, 0.1) is 39.7 Å². The summed E-state index contributed by atoms with van der Waals surface area (Å²) in [6.07, 6.45) is 13.2. The van der Waals surface area contributed by atoms with Gasteiger partial charge in [-0.2, -0.15) is 38.2 Å². The molecule has 0 N–H and O–H groups in total. The Morgan fingerprint density at radius 3 is 1.05 bits per heavy atom. The van der Waals surface area contributed by atoms with Crippen molar-refractivity contribution in [3.63, 3.8) is 0 Å². The molecule has 130 heavy (non-hydrogen) atoms. The van der Waals surface area contributed by atoms with Crippen molar-refractivity contribution in [3.05, 3.63) is 427 Å². The number of pyridine rings is 6. The van der Waals surface area contributed by atoms with Crippen LogP contribution in [0.3, 0.4) is 0 Å². The zero-order valence-electron chi connectivity index (χ0n) is 70.4. The molecular weight excluding hydrogens is 2150 g/mol. The predicted octanol–water partition coefficient (Wildman–Crippen LogP) is 25.4. The zero-order valence-corrected chi connectivity index (χ0v) is 77.2. The summed E-state index contributed by atoms with van der Waals surface area (Å²) in [6.45, 7) is 8.24. The third kappa shape index (κ3) is 14.6. The first kappa shape index (κ1) is 83.4. The van der Waals surface area contributed by atoms with Gasteiger partial charge in [-0.15, -0.1) is 126 Å². The molecule has 25 rings (SSSR count). The van der Waals surface area contributed by atoms with Crippen LogP contribution in [0, 0.1) is 63.3 Å². The van der Waals surface area contributed by atoms with Crippen molar-refractivity contribution in [2.75, 3.05) is 65.2 Å². The number of aryl methyl sites for hydroxylation is 1. The van der Waals surface area contributed by atoms with Crippen molar-refractivity contribution in [2.24, 2.45) is 0 Å². The Balaban J connectivity index is 0.000000121. The van der Waals surface area contributed by atoms with E-state index >= 15 is 0 Å². The van der Waals surface area contributed by atoms with Gasteiger partial charge in [0, 0.05) is 146 Å². The second-order valence-electron chi connectivity index (χ2n) is 31.4. The molecule has 640 valence electrons. The smallest absolute Gasteiger partial charge is 0.121 e. The fourth-order valence-electron chi connectivity index (χ4n) is 18.0. The molecule has 12 heterocycles. The minimum Gasteiger partial charge on any atom is -0.492 e. The number of imidazole rings is 3. The first-order valence-corrected chi connectivity index (χ1v) is 42.0. The van der Waals surface area contributed by atoms with Crippen LogP contribution in [0.5, 0.6) is 0 Å². The molecule has 9 aromatic heterocycles. The molecule has 0 atom stereocenters. The standard InChI is InChI=1S/C40H27N6.C35H25N6.C34H23N6.3Pt/c1-43-27-44(37-20-11-23-41-40(37)43)30-16-10-17-31(24-30)45(29-14-6-3-7-15-29)32-21-22-33-34-18-8-9-19-36(34)46-38(28-12-4-2-5-13-28)26-42-39(46)35(33)25-32;1-24-22-37-34-31-21-28(17-18-29(31)30-14-6-7-15-32(30)40(24)34)41(25-10-4-3-5-11-25)27-13-8-12-26(20-27)39-23-38(2)35-33(39)16-9-19-36-35;1-37-23-39(32-15-8-18-35-34(32)37)25-11-7-12-26(21-25)40(24-9-3-2-4-10-24)27-16-17-28-29-13-5-6-14-31(29)38-20-19-36-33(38)30(28)22-27;;;/h2-23,26-27H,1H3;3-19,22-23H,1-2H3;2-20,23H,1H3;;;/q3*-3;;;. The monoisotopic (exact) mass is 2220 g/mol. The van der Waals surface area contributed by atoms with E-state index in [-0.39, 0.29) is 63.2 Å². The number of fused-ring (bicyclic) bond motifs is 21. The first-order chi connectivity index (χ1) is 62.7. The van der Waals surface area contributed by atoms with Gasteiger partial charge in [0.25, 0.3) is 0 Å². The van der Waals surface area contributed by atoms with Gasteiger partial charge in [-0.3, -0.25) is 15.0 Å². The SMILES string of the molecule is CN1[CH-]N(c2[c-]c(N(c3[c-]c4c(cc3)c3ccccc3n3c(-c5ccccc5)cnc43)c3ccccc3)ccc2)c2cccnc21.CN1[CH-]N(c2[c-]c(N(c3[c-]c4c(cc3)c3ccccc3n3ccnc43)c3ccccc3)ccc2)c2cccnc21.Cc1cnc2c3[c-]c(N(c4[c-]c(N5[CH-]N(C)c6ncccc65)ccc4)c4ccccc4)ccc3c3ccccc3n12.[Pt].[Pt].[Pt]. The summed E-state index contributed by atoms with van der Waals surface area (Å²) < 4.78 is 6.63. The number of hydrogen-bond acceptors (Lipinski definition) is 15. The van der Waals surface area contributed by atoms with Crippen LogP contribution >= 0.6 is 0 Å². The van der Waals surface area contributed by atoms with Crippen molar-refractivity contribution >= 4 is 185 Å². The summed E-state index contributed by atoms with van der Waals surface area (Å²) in [5.41, 5.74) is 23.7. The minimum atomic E-state index is 0. The van der Waals surface area contributed by atoms with Crippen molar-refractivity contribution in [1.82, 2.24) is 43.1 Å². The number of benzene rings is 13. The molecule has 3 aliphatic heterocycles. The van der Waals surface area contributed by atoms with E-state index < -0.39 is 0 Å². The van der Waals surface area contributed by atoms with E-state index in [0.29, 0.717) is 0 Å². The summed E-state index contributed by atoms with van der Waals surface area (Å²) in [4.78, 5) is 47.3. The van der Waals surface area contributed by atoms with Gasteiger partial charge < -0.3 is 57.3 Å². The van der Waals surface area contributed by atoms with Crippen molar-refractivity contribution in [1.29, 1.82) is 0 Å². The zero-order chi connectivity index (χ0) is 84.7. The number of hydrogen-bond donors (Lipinski definition) is 0. The Kier molecular flexibility index (Phi) is 22.5. The van der Waals surface area contributed by atoms with E-state index in [1.165, 1.54) is 10.8 Å². The van der Waals surface area contributed by atoms with E-state index in [1.807, 2.05) is 142 Å². The Morgan fingerprint density at radius 2 is 0.623 bits per heavy atom. The number of aromatic nitrogens is 9. The van der Waals surface area contributed by atoms with Gasteiger partial charge in [0.1, 0.15) is 17.5 Å². The molecule has 0 unspecified atom stereocenters. The molecule has 0 amide bonds. The average molecular weight is 2220 g/mol. The number of para-hydroxylation sites is 6. The molecule has 3 aliphatic rings. The quantitative estimate of drug-likeness (QED) is 0.0804. The molecule has 18 nitrogen and oxygen atoms in total. The first-order valence-electron chi connectivity index (χ1n) is 42.0. The number of rotatable bonds is 13. The second kappa shape index (κ2) is 35.1. The maximum atomic E-state index is 5.00. The predicted molar refractivity (Wildman–Crippen MR) is 515 cm³/mol. The van der Waals surface area contributed by atoms with E-state index in [4.69, 9.17) is 15.0 Å². The Labute approximate surface area is 794 Å². The molecule has 0 saturated heterocycles. The fraction of sp³-hybridized carbons (Fsp3) is 0.0367. The van der Waals surface area contributed by atoms with Crippen molar-refractivity contribution in [2.45, 2.75) is 6.92 Å². The van der Waals surface area contributed by atoms with E-state index in [0.717, 1.165) is 191 Å². The molecule has 0 aliphatic carbocycles. The summed E-state index contributed by atoms with van der Waals surface area (Å²) in [5.74, 6) is 2.75. The van der Waals surface area contributed by atoms with E-state index in [1.54, 1.807) is 0 Å². The summed E-state index contributed by atoms with van der Waals surface area (Å²) in [5, 5.41) is 9.81. The largest absolute Gasteiger partial charge is 0.492 e. The van der Waals surface area contributed by atoms with Gasteiger partial charge in [0.15, 0.2) is 0 Å². The molecular formula is C109H75N18Pt3-9. The normalized spacial score (nSPS) is 12.6. The van der Waals surface area contributed by atoms with Crippen LogP contribution in [0.25, 0.3) is 93.2 Å². The molecule has 0 fully saturated rings. The van der Waals surface area contributed by atoms with Gasteiger partial charge in [0.2, 0.25) is 0 Å². The van der Waals surface area contributed by atoms with Crippen LogP contribution in [0.4, 0.5) is 103 Å². The fourth-order valence-corrected chi connectivity index (χ4v) is 18.0. The molecule has 0 saturated carbocycles. The van der Waals surface area contributed by atoms with Crippen LogP contribution < -0.4 is 44.1 Å².